The zero-order valence-corrected chi connectivity index (χ0v) is 18.4. The van der Waals surface area contributed by atoms with Gasteiger partial charge in [-0.2, -0.15) is 0 Å². The van der Waals surface area contributed by atoms with Crippen molar-refractivity contribution in [1.29, 1.82) is 0 Å². The van der Waals surface area contributed by atoms with Crippen LogP contribution in [0, 0.1) is 11.8 Å². The second-order valence-corrected chi connectivity index (χ2v) is 9.69. The summed E-state index contributed by atoms with van der Waals surface area (Å²) >= 11 is 6.36. The van der Waals surface area contributed by atoms with Crippen molar-refractivity contribution in [3.05, 3.63) is 76.3 Å². The van der Waals surface area contributed by atoms with Crippen LogP contribution >= 0.6 is 11.6 Å². The van der Waals surface area contributed by atoms with Crippen molar-refractivity contribution in [1.82, 2.24) is 0 Å². The van der Waals surface area contributed by atoms with Gasteiger partial charge in [-0.25, -0.2) is 4.79 Å². The van der Waals surface area contributed by atoms with E-state index >= 15 is 0 Å². The average molecular weight is 455 g/mol. The van der Waals surface area contributed by atoms with Crippen LogP contribution in [-0.2, 0) is 11.8 Å². The number of aryl methyl sites for hydroxylation is 1. The van der Waals surface area contributed by atoms with E-state index in [-0.39, 0.29) is 33.9 Å². The molecule has 2 aromatic carbocycles. The van der Waals surface area contributed by atoms with Crippen LogP contribution in [0.15, 0.2) is 54.6 Å². The molecule has 1 unspecified atom stereocenters. The first-order valence-electron chi connectivity index (χ1n) is 11.2. The van der Waals surface area contributed by atoms with Gasteiger partial charge in [-0.05, 0) is 42.9 Å². The molecule has 1 aliphatic heterocycles. The molecular weight excluding hydrogens is 428 g/mol. The van der Waals surface area contributed by atoms with Gasteiger partial charge in [0, 0.05) is 23.7 Å². The molecule has 3 aliphatic rings. The molecule has 0 aromatic heterocycles. The summed E-state index contributed by atoms with van der Waals surface area (Å²) < 4.78 is 6.21. The third-order valence-corrected chi connectivity index (χ3v) is 7.91. The lowest BCUT2D eigenvalue weighted by molar-refractivity contribution is 0.0695. The van der Waals surface area contributed by atoms with Crippen molar-refractivity contribution in [2.45, 2.75) is 55.8 Å². The molecule has 0 bridgehead atoms. The average Bonchev–Trinajstić information content (AvgIpc) is 3.56. The zero-order chi connectivity index (χ0) is 22.5. The monoisotopic (exact) mass is 454 g/mol. The lowest BCUT2D eigenvalue weighted by Crippen LogP contribution is -2.26. The third kappa shape index (κ3) is 3.62. The number of rotatable bonds is 5. The van der Waals surface area contributed by atoms with Crippen LogP contribution in [0.1, 0.15) is 47.2 Å². The fourth-order valence-electron chi connectivity index (χ4n) is 5.52. The quantitative estimate of drug-likeness (QED) is 0.584. The molecular formula is C26H27ClO5. The van der Waals surface area contributed by atoms with Crippen LogP contribution in [0.5, 0.6) is 5.75 Å². The highest BCUT2D eigenvalue weighted by atomic mass is 35.5. The summed E-state index contributed by atoms with van der Waals surface area (Å²) in [5.41, 5.74) is 1.85. The highest BCUT2D eigenvalue weighted by molar-refractivity contribution is 6.35. The van der Waals surface area contributed by atoms with Gasteiger partial charge in [0.2, 0.25) is 0 Å². The van der Waals surface area contributed by atoms with Crippen LogP contribution < -0.4 is 4.74 Å². The molecule has 6 heteroatoms. The maximum atomic E-state index is 11.5. The second kappa shape index (κ2) is 8.22. The van der Waals surface area contributed by atoms with E-state index < -0.39 is 18.2 Å². The van der Waals surface area contributed by atoms with Crippen molar-refractivity contribution in [3.63, 3.8) is 0 Å². The number of benzene rings is 2. The fourth-order valence-corrected chi connectivity index (χ4v) is 5.83. The molecule has 168 valence electrons. The van der Waals surface area contributed by atoms with Gasteiger partial charge in [-0.3, -0.25) is 0 Å². The van der Waals surface area contributed by atoms with Gasteiger partial charge in [-0.1, -0.05) is 60.2 Å². The minimum absolute atomic E-state index is 0.0256. The maximum absolute atomic E-state index is 11.5. The Bertz CT molecular complexity index is 1050. The van der Waals surface area contributed by atoms with Gasteiger partial charge < -0.3 is 20.1 Å². The number of halogens is 1. The zero-order valence-electron chi connectivity index (χ0n) is 17.7. The Hall–Kier alpha value is -2.34. The van der Waals surface area contributed by atoms with Gasteiger partial charge in [-0.15, -0.1) is 0 Å². The van der Waals surface area contributed by atoms with Gasteiger partial charge in [0.1, 0.15) is 11.9 Å². The number of aromatic carboxylic acids is 1. The molecule has 0 radical (unpaired) electrons. The van der Waals surface area contributed by atoms with Crippen LogP contribution in [-0.4, -0.2) is 39.6 Å². The SMILES string of the molecule is O=C(O)c1ccc2c(c1Cl)O[C@H]1C[C@@H](O)[C@H](/C=C/C(O)C3(c4ccccc4)CC3)[C@H]1CC2. The van der Waals surface area contributed by atoms with E-state index in [0.717, 1.165) is 30.4 Å². The Kier molecular flexibility index (Phi) is 5.52. The normalized spacial score (nSPS) is 29.0. The summed E-state index contributed by atoms with van der Waals surface area (Å²) in [6.45, 7) is 0. The number of aliphatic hydroxyl groups excluding tert-OH is 2. The summed E-state index contributed by atoms with van der Waals surface area (Å²) in [7, 11) is 0. The van der Waals surface area contributed by atoms with Crippen LogP contribution in [0.4, 0.5) is 0 Å². The fraction of sp³-hybridized carbons (Fsp3) is 0.423. The van der Waals surface area contributed by atoms with Crippen molar-refractivity contribution in [2.24, 2.45) is 11.8 Å². The smallest absolute Gasteiger partial charge is 0.337 e. The van der Waals surface area contributed by atoms with Crippen molar-refractivity contribution < 1.29 is 24.9 Å². The summed E-state index contributed by atoms with van der Waals surface area (Å²) in [5, 5.41) is 31.3. The van der Waals surface area contributed by atoms with E-state index in [4.69, 9.17) is 16.3 Å². The second-order valence-electron chi connectivity index (χ2n) is 9.31. The van der Waals surface area contributed by atoms with E-state index in [0.29, 0.717) is 18.6 Å². The standard InChI is InChI=1S/C26H27ClO5/c27-23-19(25(30)31)9-7-15-6-8-18-17(20(28)14-21(18)32-24(15)23)10-11-22(29)26(12-13-26)16-4-2-1-3-5-16/h1-5,7,9-11,17-18,20-22,28-29H,6,8,12-14H2,(H,30,31)/b11-10+/t17-,18-,20-,21+,22?/m1/s1. The van der Waals surface area contributed by atoms with Gasteiger partial charge in [0.15, 0.2) is 0 Å². The summed E-state index contributed by atoms with van der Waals surface area (Å²) in [6, 6.07) is 13.4. The van der Waals surface area contributed by atoms with E-state index in [2.05, 4.69) is 12.1 Å². The Labute approximate surface area is 192 Å². The third-order valence-electron chi connectivity index (χ3n) is 7.53. The minimum atomic E-state index is -1.09. The lowest BCUT2D eigenvalue weighted by Gasteiger charge is -2.23. The first kappa shape index (κ1) is 21.5. The number of carboxylic acid groups (broad SMARTS) is 1. The molecule has 2 aromatic rings. The molecule has 3 N–H and O–H groups in total. The van der Waals surface area contributed by atoms with Crippen molar-refractivity contribution in [3.8, 4) is 5.75 Å². The number of carbonyl (C=O) groups is 1. The molecule has 2 aliphatic carbocycles. The first-order valence-corrected chi connectivity index (χ1v) is 11.6. The van der Waals surface area contributed by atoms with E-state index in [1.54, 1.807) is 6.07 Å². The molecule has 0 amide bonds. The molecule has 5 atom stereocenters. The summed E-state index contributed by atoms with van der Waals surface area (Å²) in [4.78, 5) is 11.5. The molecule has 0 saturated heterocycles. The Morgan fingerprint density at radius 2 is 1.94 bits per heavy atom. The van der Waals surface area contributed by atoms with Gasteiger partial charge in [0.05, 0.1) is 22.8 Å². The molecule has 2 saturated carbocycles. The molecule has 5 nitrogen and oxygen atoms in total. The highest BCUT2D eigenvalue weighted by Crippen LogP contribution is 2.52. The minimum Gasteiger partial charge on any atom is -0.488 e. The molecule has 5 rings (SSSR count). The highest BCUT2D eigenvalue weighted by Gasteiger charge is 2.50. The number of ether oxygens (including phenoxy) is 1. The van der Waals surface area contributed by atoms with Gasteiger partial charge >= 0.3 is 5.97 Å². The Balaban J connectivity index is 1.35. The van der Waals surface area contributed by atoms with E-state index in [1.807, 2.05) is 30.4 Å². The Morgan fingerprint density at radius 3 is 2.62 bits per heavy atom. The van der Waals surface area contributed by atoms with Crippen molar-refractivity contribution in [2.75, 3.05) is 0 Å². The maximum Gasteiger partial charge on any atom is 0.337 e. The topological polar surface area (TPSA) is 87.0 Å². The van der Waals surface area contributed by atoms with E-state index in [9.17, 15) is 20.1 Å². The summed E-state index contributed by atoms with van der Waals surface area (Å²) in [5.74, 6) is -0.724. The number of aliphatic hydroxyl groups is 2. The number of carboxylic acids is 1. The van der Waals surface area contributed by atoms with Crippen LogP contribution in [0.25, 0.3) is 0 Å². The summed E-state index contributed by atoms with van der Waals surface area (Å²) in [6.07, 6.45) is 6.23. The van der Waals surface area contributed by atoms with E-state index in [1.165, 1.54) is 6.07 Å². The largest absolute Gasteiger partial charge is 0.488 e. The van der Waals surface area contributed by atoms with Crippen LogP contribution in [0.3, 0.4) is 0 Å². The number of hydrogen-bond acceptors (Lipinski definition) is 4. The Morgan fingerprint density at radius 1 is 1.19 bits per heavy atom. The molecule has 1 heterocycles. The van der Waals surface area contributed by atoms with Gasteiger partial charge in [0.25, 0.3) is 0 Å². The van der Waals surface area contributed by atoms with Crippen LogP contribution in [0.2, 0.25) is 5.02 Å². The molecule has 0 spiro atoms. The first-order chi connectivity index (χ1) is 15.4. The molecule has 2 fully saturated rings. The predicted octanol–water partition coefficient (Wildman–Crippen LogP) is 4.38. The predicted molar refractivity (Wildman–Crippen MR) is 121 cm³/mol. The van der Waals surface area contributed by atoms with Crippen molar-refractivity contribution >= 4 is 17.6 Å². The number of fused-ring (bicyclic) bond motifs is 2. The molecule has 32 heavy (non-hydrogen) atoms. The lowest BCUT2D eigenvalue weighted by atomic mass is 9.85. The number of hydrogen-bond donors (Lipinski definition) is 3.